The van der Waals surface area contributed by atoms with Gasteiger partial charge in [-0.3, -0.25) is 14.9 Å². The van der Waals surface area contributed by atoms with Crippen molar-refractivity contribution < 1.29 is 23.2 Å². The normalized spacial score (nSPS) is 21.8. The highest BCUT2D eigenvalue weighted by Gasteiger charge is 2.32. The maximum Gasteiger partial charge on any atom is 0.308 e. The highest BCUT2D eigenvalue weighted by molar-refractivity contribution is 7.89. The molecule has 2 saturated heterocycles. The minimum absolute atomic E-state index is 0.0911. The fourth-order valence-electron chi connectivity index (χ4n) is 3.73. The van der Waals surface area contributed by atoms with Crippen molar-refractivity contribution in [3.63, 3.8) is 0 Å². The molecule has 2 aliphatic heterocycles. The first-order valence-corrected chi connectivity index (χ1v) is 10.5. The molecule has 27 heavy (non-hydrogen) atoms. The molecule has 148 valence electrons. The van der Waals surface area contributed by atoms with Gasteiger partial charge in [-0.05, 0) is 37.8 Å². The standard InChI is InChI=1S/C17H23N3O6S/c21-17(22)13-5-4-8-18(12-13)15-7-6-14(11-16(15)20(23)24)27(25,26)19-9-2-1-3-10-19/h6-7,11,13H,1-5,8-10,12H2,(H,21,22). The van der Waals surface area contributed by atoms with Crippen LogP contribution in [-0.2, 0) is 14.8 Å². The van der Waals surface area contributed by atoms with Crippen LogP contribution in [0.4, 0.5) is 11.4 Å². The molecule has 0 aromatic heterocycles. The molecule has 0 saturated carbocycles. The smallest absolute Gasteiger partial charge is 0.308 e. The second-order valence-electron chi connectivity index (χ2n) is 7.00. The number of carbonyl (C=O) groups is 1. The Balaban J connectivity index is 1.93. The summed E-state index contributed by atoms with van der Waals surface area (Å²) in [4.78, 5) is 23.8. The quantitative estimate of drug-likeness (QED) is 0.596. The monoisotopic (exact) mass is 397 g/mol. The van der Waals surface area contributed by atoms with Gasteiger partial charge in [-0.25, -0.2) is 8.42 Å². The van der Waals surface area contributed by atoms with Crippen LogP contribution in [0.15, 0.2) is 23.1 Å². The molecule has 0 spiro atoms. The van der Waals surface area contributed by atoms with E-state index < -0.39 is 26.8 Å². The number of nitro groups is 1. The third-order valence-electron chi connectivity index (χ3n) is 5.21. The van der Waals surface area contributed by atoms with Crippen LogP contribution >= 0.6 is 0 Å². The summed E-state index contributed by atoms with van der Waals surface area (Å²) in [6.45, 7) is 1.52. The van der Waals surface area contributed by atoms with E-state index in [2.05, 4.69) is 0 Å². The molecular formula is C17H23N3O6S. The number of hydrogen-bond donors (Lipinski definition) is 1. The van der Waals surface area contributed by atoms with E-state index in [9.17, 15) is 28.4 Å². The number of benzene rings is 1. The van der Waals surface area contributed by atoms with Crippen molar-refractivity contribution in [3.05, 3.63) is 28.3 Å². The fourth-order valence-corrected chi connectivity index (χ4v) is 5.27. The second-order valence-corrected chi connectivity index (χ2v) is 8.93. The molecule has 3 rings (SSSR count). The first-order valence-electron chi connectivity index (χ1n) is 9.07. The Kier molecular flexibility index (Phi) is 5.66. The predicted octanol–water partition coefficient (Wildman–Crippen LogP) is 2.07. The van der Waals surface area contributed by atoms with Crippen molar-refractivity contribution in [3.8, 4) is 0 Å². The average molecular weight is 397 g/mol. The summed E-state index contributed by atoms with van der Waals surface area (Å²) in [7, 11) is -3.77. The summed E-state index contributed by atoms with van der Waals surface area (Å²) in [6.07, 6.45) is 3.68. The van der Waals surface area contributed by atoms with Crippen molar-refractivity contribution in [2.24, 2.45) is 5.92 Å². The van der Waals surface area contributed by atoms with Crippen LogP contribution in [0.5, 0.6) is 0 Å². The van der Waals surface area contributed by atoms with Crippen LogP contribution in [0.3, 0.4) is 0 Å². The summed E-state index contributed by atoms with van der Waals surface area (Å²) in [6, 6.07) is 3.92. The van der Waals surface area contributed by atoms with Crippen molar-refractivity contribution in [1.82, 2.24) is 4.31 Å². The van der Waals surface area contributed by atoms with Crippen LogP contribution in [-0.4, -0.2) is 54.9 Å². The third kappa shape index (κ3) is 4.06. The van der Waals surface area contributed by atoms with Crippen LogP contribution in [0.25, 0.3) is 0 Å². The van der Waals surface area contributed by atoms with Gasteiger partial charge < -0.3 is 10.0 Å². The zero-order valence-corrected chi connectivity index (χ0v) is 15.7. The number of carboxylic acids is 1. The van der Waals surface area contributed by atoms with Crippen molar-refractivity contribution in [2.45, 2.75) is 37.0 Å². The number of nitrogens with zero attached hydrogens (tertiary/aromatic N) is 3. The van der Waals surface area contributed by atoms with Gasteiger partial charge in [0.25, 0.3) is 5.69 Å². The summed E-state index contributed by atoms with van der Waals surface area (Å²) < 4.78 is 27.0. The first kappa shape index (κ1) is 19.6. The molecule has 1 aromatic carbocycles. The lowest BCUT2D eigenvalue weighted by molar-refractivity contribution is -0.384. The van der Waals surface area contributed by atoms with Gasteiger partial charge in [0.1, 0.15) is 5.69 Å². The van der Waals surface area contributed by atoms with Crippen LogP contribution in [0.1, 0.15) is 32.1 Å². The van der Waals surface area contributed by atoms with Gasteiger partial charge in [0.2, 0.25) is 10.0 Å². The first-order chi connectivity index (χ1) is 12.8. The van der Waals surface area contributed by atoms with E-state index in [1.165, 1.54) is 16.4 Å². The third-order valence-corrected chi connectivity index (χ3v) is 7.10. The Morgan fingerprint density at radius 3 is 2.48 bits per heavy atom. The van der Waals surface area contributed by atoms with Gasteiger partial charge in [0.15, 0.2) is 0 Å². The van der Waals surface area contributed by atoms with Crippen molar-refractivity contribution in [1.29, 1.82) is 0 Å². The van der Waals surface area contributed by atoms with Crippen LogP contribution in [0, 0.1) is 16.0 Å². The summed E-state index contributed by atoms with van der Waals surface area (Å²) >= 11 is 0. The highest BCUT2D eigenvalue weighted by atomic mass is 32.2. The number of anilines is 1. The highest BCUT2D eigenvalue weighted by Crippen LogP contribution is 2.34. The summed E-state index contributed by atoms with van der Waals surface area (Å²) in [5.41, 5.74) is -0.0392. The van der Waals surface area contributed by atoms with E-state index in [1.54, 1.807) is 4.90 Å². The lowest BCUT2D eigenvalue weighted by Crippen LogP contribution is -2.39. The van der Waals surface area contributed by atoms with Gasteiger partial charge in [-0.2, -0.15) is 4.31 Å². The molecule has 10 heteroatoms. The van der Waals surface area contributed by atoms with Crippen LogP contribution in [0.2, 0.25) is 0 Å². The van der Waals surface area contributed by atoms with Gasteiger partial charge in [-0.15, -0.1) is 0 Å². The Morgan fingerprint density at radius 2 is 1.85 bits per heavy atom. The molecule has 0 amide bonds. The summed E-state index contributed by atoms with van der Waals surface area (Å²) in [5.74, 6) is -1.51. The Morgan fingerprint density at radius 1 is 1.15 bits per heavy atom. The number of hydrogen-bond acceptors (Lipinski definition) is 6. The molecule has 0 bridgehead atoms. The molecule has 2 aliphatic rings. The van der Waals surface area contributed by atoms with E-state index in [1.807, 2.05) is 0 Å². The number of sulfonamides is 1. The number of piperidine rings is 2. The van der Waals surface area contributed by atoms with E-state index in [0.717, 1.165) is 25.3 Å². The van der Waals surface area contributed by atoms with E-state index in [0.29, 0.717) is 32.5 Å². The molecular weight excluding hydrogens is 374 g/mol. The second kappa shape index (κ2) is 7.81. The Labute approximate surface area is 157 Å². The van der Waals surface area contributed by atoms with E-state index in [4.69, 9.17) is 0 Å². The van der Waals surface area contributed by atoms with Gasteiger partial charge in [0, 0.05) is 32.2 Å². The zero-order valence-electron chi connectivity index (χ0n) is 14.9. The van der Waals surface area contributed by atoms with Crippen molar-refractivity contribution in [2.75, 3.05) is 31.1 Å². The lowest BCUT2D eigenvalue weighted by atomic mass is 9.97. The lowest BCUT2D eigenvalue weighted by Gasteiger charge is -2.32. The minimum atomic E-state index is -3.77. The molecule has 2 heterocycles. The Bertz CT molecular complexity index is 835. The molecule has 1 unspecified atom stereocenters. The average Bonchev–Trinajstić information content (AvgIpc) is 2.68. The molecule has 1 N–H and O–H groups in total. The van der Waals surface area contributed by atoms with E-state index in [-0.39, 0.29) is 22.8 Å². The SMILES string of the molecule is O=C(O)C1CCCN(c2ccc(S(=O)(=O)N3CCCCC3)cc2[N+](=O)[O-])C1. The van der Waals surface area contributed by atoms with Gasteiger partial charge in [0.05, 0.1) is 15.7 Å². The molecule has 9 nitrogen and oxygen atoms in total. The topological polar surface area (TPSA) is 121 Å². The van der Waals surface area contributed by atoms with Crippen LogP contribution < -0.4 is 4.90 Å². The maximum atomic E-state index is 12.8. The maximum absolute atomic E-state index is 12.8. The fraction of sp³-hybridized carbons (Fsp3) is 0.588. The minimum Gasteiger partial charge on any atom is -0.481 e. The van der Waals surface area contributed by atoms with Gasteiger partial charge in [-0.1, -0.05) is 6.42 Å². The zero-order chi connectivity index (χ0) is 19.6. The Hall–Kier alpha value is -2.20. The molecule has 0 aliphatic carbocycles. The largest absolute Gasteiger partial charge is 0.481 e. The number of carboxylic acid groups (broad SMARTS) is 1. The number of nitro benzene ring substituents is 1. The molecule has 0 radical (unpaired) electrons. The molecule has 1 atom stereocenters. The summed E-state index contributed by atoms with van der Waals surface area (Å²) in [5, 5.41) is 20.8. The van der Waals surface area contributed by atoms with Crippen molar-refractivity contribution >= 4 is 27.4 Å². The number of aliphatic carboxylic acids is 1. The molecule has 1 aromatic rings. The van der Waals surface area contributed by atoms with E-state index >= 15 is 0 Å². The molecule has 2 fully saturated rings. The van der Waals surface area contributed by atoms with Gasteiger partial charge >= 0.3 is 5.97 Å². The predicted molar refractivity (Wildman–Crippen MR) is 98.3 cm³/mol. The number of rotatable bonds is 5.